The topological polar surface area (TPSA) is 195 Å². The molecule has 1 aliphatic carbocycles. The number of Topliss-reactive ketones (excluding diaryl/α,β-unsaturated/α-hetero) is 3. The SMILES string of the molecule is COC1CC2CCC(C)C(O)(O2)C(=O)C(=O)N2CCC[C@@H]3C(CC4CCC(O)C(OC)C4)[C@H](CC(=O)C(C)/C=C(\C)C(O)[C@@H](OC)C(=O)C(C)C[C@H](C)/C=C/C=C/C=C1C)OC(=O)C32. The summed E-state index contributed by atoms with van der Waals surface area (Å²) in [5, 5.41) is 34.1. The van der Waals surface area contributed by atoms with Crippen molar-refractivity contribution in [2.24, 2.45) is 41.4 Å². The largest absolute Gasteiger partial charge is 0.460 e. The summed E-state index contributed by atoms with van der Waals surface area (Å²) in [4.78, 5) is 72.0. The van der Waals surface area contributed by atoms with E-state index in [1.54, 1.807) is 41.1 Å². The number of allylic oxidation sites excluding steroid dienone is 6. The van der Waals surface area contributed by atoms with E-state index in [1.165, 1.54) is 12.0 Å². The molecule has 4 aliphatic heterocycles. The molecule has 14 heteroatoms. The van der Waals surface area contributed by atoms with Crippen LogP contribution in [0.5, 0.6) is 0 Å². The molecule has 3 N–H and O–H groups in total. The van der Waals surface area contributed by atoms with E-state index in [9.17, 15) is 39.3 Å². The van der Waals surface area contributed by atoms with Crippen molar-refractivity contribution in [3.05, 3.63) is 47.6 Å². The molecule has 0 radical (unpaired) electrons. The number of esters is 1. The molecule has 12 unspecified atom stereocenters. The van der Waals surface area contributed by atoms with Crippen LogP contribution in [0.25, 0.3) is 0 Å². The molecule has 14 nitrogen and oxygen atoms in total. The molecule has 0 spiro atoms. The van der Waals surface area contributed by atoms with Gasteiger partial charge in [0.25, 0.3) is 11.7 Å². The first-order valence-electron chi connectivity index (χ1n) is 23.5. The first kappa shape index (κ1) is 51.6. The number of fused-ring (bicyclic) bond motifs is 4. The van der Waals surface area contributed by atoms with Gasteiger partial charge in [-0.05, 0) is 101 Å². The van der Waals surface area contributed by atoms with Crippen LogP contribution in [-0.2, 0) is 47.7 Å². The van der Waals surface area contributed by atoms with E-state index in [-0.39, 0.29) is 42.5 Å². The summed E-state index contributed by atoms with van der Waals surface area (Å²) in [7, 11) is 4.52. The molecule has 4 bridgehead atoms. The number of hydrogen-bond acceptors (Lipinski definition) is 13. The summed E-state index contributed by atoms with van der Waals surface area (Å²) in [6.07, 6.45) is 10.8. The second-order valence-corrected chi connectivity index (χ2v) is 19.5. The van der Waals surface area contributed by atoms with E-state index in [0.29, 0.717) is 69.8 Å². The molecular formula is C50H75NO13. The maximum atomic E-state index is 14.4. The smallest absolute Gasteiger partial charge is 0.329 e. The summed E-state index contributed by atoms with van der Waals surface area (Å²) in [5.41, 5.74) is 1.28. The second kappa shape index (κ2) is 22.9. The molecule has 0 aromatic carbocycles. The molecule has 4 fully saturated rings. The number of hydrogen-bond donors (Lipinski definition) is 3. The van der Waals surface area contributed by atoms with Crippen LogP contribution in [0.3, 0.4) is 0 Å². The Morgan fingerprint density at radius 3 is 2.27 bits per heavy atom. The van der Waals surface area contributed by atoms with Gasteiger partial charge in [0.1, 0.15) is 30.1 Å². The lowest BCUT2D eigenvalue weighted by atomic mass is 9.68. The van der Waals surface area contributed by atoms with Gasteiger partial charge in [0.05, 0.1) is 24.4 Å². The molecule has 5 rings (SSSR count). The average molecular weight is 898 g/mol. The van der Waals surface area contributed by atoms with Gasteiger partial charge >= 0.3 is 5.97 Å². The van der Waals surface area contributed by atoms with Gasteiger partial charge < -0.3 is 43.9 Å². The first-order chi connectivity index (χ1) is 30.3. The fourth-order valence-corrected chi connectivity index (χ4v) is 10.9. The first-order valence-corrected chi connectivity index (χ1v) is 23.5. The minimum atomic E-state index is -2.43. The highest BCUT2D eigenvalue weighted by Gasteiger charge is 2.57. The van der Waals surface area contributed by atoms with Crippen molar-refractivity contribution >= 4 is 29.2 Å². The Labute approximate surface area is 379 Å². The number of amides is 1. The van der Waals surface area contributed by atoms with Gasteiger partial charge in [0.2, 0.25) is 5.79 Å². The van der Waals surface area contributed by atoms with Crippen LogP contribution in [0.15, 0.2) is 47.6 Å². The van der Waals surface area contributed by atoms with Gasteiger partial charge in [0, 0.05) is 64.4 Å². The van der Waals surface area contributed by atoms with Crippen LogP contribution >= 0.6 is 0 Å². The number of methoxy groups -OCH3 is 3. The van der Waals surface area contributed by atoms with Gasteiger partial charge in [-0.15, -0.1) is 0 Å². The third-order valence-corrected chi connectivity index (χ3v) is 14.9. The molecule has 16 atom stereocenters. The van der Waals surface area contributed by atoms with Gasteiger partial charge in [-0.3, -0.25) is 19.2 Å². The van der Waals surface area contributed by atoms with E-state index in [1.807, 2.05) is 51.2 Å². The van der Waals surface area contributed by atoms with Crippen molar-refractivity contribution in [2.75, 3.05) is 27.9 Å². The second-order valence-electron chi connectivity index (χ2n) is 19.5. The van der Waals surface area contributed by atoms with Gasteiger partial charge in [0.15, 0.2) is 5.78 Å². The molecule has 4 heterocycles. The maximum Gasteiger partial charge on any atom is 0.329 e. The summed E-state index contributed by atoms with van der Waals surface area (Å²) >= 11 is 0. The Bertz CT molecular complexity index is 1790. The van der Waals surface area contributed by atoms with E-state index < -0.39 is 95.7 Å². The Morgan fingerprint density at radius 2 is 1.58 bits per heavy atom. The number of nitrogens with zero attached hydrogens (tertiary/aromatic N) is 1. The molecule has 358 valence electrons. The predicted octanol–water partition coefficient (Wildman–Crippen LogP) is 5.40. The summed E-state index contributed by atoms with van der Waals surface area (Å²) in [6.45, 7) is 10.9. The van der Waals surface area contributed by atoms with Crippen molar-refractivity contribution in [1.29, 1.82) is 0 Å². The Kier molecular flexibility index (Phi) is 18.5. The van der Waals surface area contributed by atoms with Crippen LogP contribution < -0.4 is 0 Å². The van der Waals surface area contributed by atoms with Gasteiger partial charge in [-0.1, -0.05) is 64.2 Å². The Balaban J connectivity index is 1.51. The number of carbonyl (C=O) groups is 5. The highest BCUT2D eigenvalue weighted by molar-refractivity contribution is 6.39. The molecular weight excluding hydrogens is 823 g/mol. The fourth-order valence-electron chi connectivity index (χ4n) is 10.9. The minimum absolute atomic E-state index is 0.0231. The summed E-state index contributed by atoms with van der Waals surface area (Å²) < 4.78 is 29.4. The van der Waals surface area contributed by atoms with E-state index >= 15 is 0 Å². The minimum Gasteiger partial charge on any atom is -0.460 e. The third-order valence-electron chi connectivity index (χ3n) is 14.9. The highest BCUT2D eigenvalue weighted by atomic mass is 16.6. The molecule has 0 aromatic rings. The predicted molar refractivity (Wildman–Crippen MR) is 238 cm³/mol. The molecule has 5 aliphatic rings. The van der Waals surface area contributed by atoms with E-state index in [0.717, 1.165) is 5.57 Å². The van der Waals surface area contributed by atoms with Crippen molar-refractivity contribution < 1.29 is 63.0 Å². The van der Waals surface area contributed by atoms with Crippen molar-refractivity contribution in [3.63, 3.8) is 0 Å². The zero-order chi connectivity index (χ0) is 47.0. The average Bonchev–Trinajstić information content (AvgIpc) is 3.27. The highest BCUT2D eigenvalue weighted by Crippen LogP contribution is 2.45. The molecule has 64 heavy (non-hydrogen) atoms. The van der Waals surface area contributed by atoms with Crippen molar-refractivity contribution in [2.45, 2.75) is 167 Å². The van der Waals surface area contributed by atoms with Crippen LogP contribution in [0.2, 0.25) is 0 Å². The lowest BCUT2D eigenvalue weighted by Gasteiger charge is -2.50. The number of ether oxygens (including phenoxy) is 5. The molecule has 1 amide bonds. The molecule has 3 saturated heterocycles. The number of aliphatic hydroxyl groups is 3. The fraction of sp³-hybridized carbons (Fsp3) is 0.740. The van der Waals surface area contributed by atoms with E-state index in [2.05, 4.69) is 0 Å². The lowest BCUT2D eigenvalue weighted by molar-refractivity contribution is -0.266. The van der Waals surface area contributed by atoms with Crippen molar-refractivity contribution in [1.82, 2.24) is 4.90 Å². The lowest BCUT2D eigenvalue weighted by Crippen LogP contribution is -2.65. The summed E-state index contributed by atoms with van der Waals surface area (Å²) in [6, 6.07) is -1.12. The molecule has 1 saturated carbocycles. The van der Waals surface area contributed by atoms with Crippen molar-refractivity contribution in [3.8, 4) is 0 Å². The van der Waals surface area contributed by atoms with Crippen LogP contribution in [0.1, 0.15) is 112 Å². The van der Waals surface area contributed by atoms with Crippen LogP contribution in [0.4, 0.5) is 0 Å². The Morgan fingerprint density at radius 1 is 0.844 bits per heavy atom. The quantitative estimate of drug-likeness (QED) is 0.181. The number of aliphatic hydroxyl groups excluding tert-OH is 2. The Hall–Kier alpha value is -3.37. The van der Waals surface area contributed by atoms with Crippen LogP contribution in [0, 0.1) is 41.4 Å². The summed E-state index contributed by atoms with van der Waals surface area (Å²) in [5.74, 6) is -8.43. The monoisotopic (exact) mass is 898 g/mol. The number of ketones is 3. The number of piperidine rings is 1. The maximum absolute atomic E-state index is 14.4. The zero-order valence-corrected chi connectivity index (χ0v) is 39.5. The van der Waals surface area contributed by atoms with Crippen LogP contribution in [-0.4, -0.2) is 132 Å². The van der Waals surface area contributed by atoms with E-state index in [4.69, 9.17) is 23.7 Å². The zero-order valence-electron chi connectivity index (χ0n) is 39.5. The van der Waals surface area contributed by atoms with Gasteiger partial charge in [-0.2, -0.15) is 0 Å². The number of rotatable bonds is 5. The standard InChI is InChI=1S/C50H75NO13/c1-28-14-11-10-12-15-29(2)40(60-7)26-35-19-17-33(6)50(59,64-35)47(56)48(57)51-21-13-16-36-37(24-34-18-20-38(52)42(25-34)61-8)41(63-49(58)43(36)51)27-39(53)30(3)23-32(5)45(55)46(62-9)44(54)31(4)22-28/h10-12,14-15,23,28,30-31,33-38,40-43,45-46,52,55,59H,13,16-22,24-27H2,1-9H3/b12-10+,14-11+,29-15?,32-23+/t28-,30?,31?,33?,34?,35?,36-,37?,38?,40?,41+,42?,43?,45?,46+,50?/m1/s1. The molecule has 0 aromatic heterocycles. The normalized spacial score (nSPS) is 42.3. The third kappa shape index (κ3) is 12.0. The number of carbonyl (C=O) groups excluding carboxylic acids is 5. The van der Waals surface area contributed by atoms with Gasteiger partial charge in [-0.25, -0.2) is 4.79 Å².